The van der Waals surface area contributed by atoms with Crippen molar-refractivity contribution in [1.82, 2.24) is 0 Å². The van der Waals surface area contributed by atoms with E-state index in [0.29, 0.717) is 5.56 Å². The number of anilines is 2. The normalized spacial score (nSPS) is 15.2. The maximum Gasteiger partial charge on any atom is 0.352 e. The zero-order chi connectivity index (χ0) is 15.9. The van der Waals surface area contributed by atoms with Gasteiger partial charge < -0.3 is 10.8 Å². The molecule has 0 fully saturated rings. The molecular formula is C11H11N3O6S. The monoisotopic (exact) mass is 313 g/mol. The zero-order valence-electron chi connectivity index (χ0n) is 10.8. The molecular weight excluding hydrogens is 302 g/mol. The van der Waals surface area contributed by atoms with E-state index in [4.69, 9.17) is 15.4 Å². The van der Waals surface area contributed by atoms with Crippen LogP contribution < -0.4 is 10.7 Å². The Labute approximate surface area is 119 Å². The highest BCUT2D eigenvalue weighted by molar-refractivity contribution is 7.85. The molecule has 112 valence electrons. The van der Waals surface area contributed by atoms with Gasteiger partial charge in [0.2, 0.25) is 0 Å². The highest BCUT2D eigenvalue weighted by Crippen LogP contribution is 2.31. The summed E-state index contributed by atoms with van der Waals surface area (Å²) in [4.78, 5) is 22.1. The van der Waals surface area contributed by atoms with E-state index < -0.39 is 33.3 Å². The number of hydrogen-bond donors (Lipinski definition) is 3. The number of nitrogens with two attached hydrogens (primary N) is 1. The molecule has 10 heteroatoms. The van der Waals surface area contributed by atoms with E-state index in [1.165, 1.54) is 6.92 Å². The molecule has 0 saturated carbocycles. The molecule has 0 atom stereocenters. The van der Waals surface area contributed by atoms with E-state index in [-0.39, 0.29) is 17.1 Å². The minimum Gasteiger partial charge on any atom is -0.477 e. The average molecular weight is 313 g/mol. The summed E-state index contributed by atoms with van der Waals surface area (Å²) in [7, 11) is -4.52. The third-order valence-corrected chi connectivity index (χ3v) is 3.77. The number of amides is 1. The van der Waals surface area contributed by atoms with Gasteiger partial charge in [0.15, 0.2) is 5.71 Å². The number of carbonyl (C=O) groups excluding carboxylic acids is 1. The van der Waals surface area contributed by atoms with Crippen LogP contribution in [0.15, 0.2) is 22.1 Å². The molecule has 0 unspecified atom stereocenters. The van der Waals surface area contributed by atoms with Crippen molar-refractivity contribution in [3.63, 3.8) is 0 Å². The lowest BCUT2D eigenvalue weighted by atomic mass is 10.1. The van der Waals surface area contributed by atoms with Crippen LogP contribution in [0.25, 0.3) is 0 Å². The Kier molecular flexibility index (Phi) is 3.43. The molecule has 9 nitrogen and oxygen atoms in total. The molecule has 0 radical (unpaired) electrons. The van der Waals surface area contributed by atoms with Crippen molar-refractivity contribution in [1.29, 1.82) is 0 Å². The molecule has 2 rings (SSSR count). The van der Waals surface area contributed by atoms with Gasteiger partial charge in [-0.1, -0.05) is 0 Å². The molecule has 1 aliphatic heterocycles. The number of nitrogens with zero attached hydrogens (tertiary/aromatic N) is 2. The number of aliphatic carboxylic acids is 1. The molecule has 0 spiro atoms. The molecule has 1 aliphatic rings. The lowest BCUT2D eigenvalue weighted by molar-refractivity contribution is -0.129. The first-order chi connectivity index (χ1) is 9.61. The van der Waals surface area contributed by atoms with E-state index >= 15 is 0 Å². The Morgan fingerprint density at radius 1 is 1.43 bits per heavy atom. The van der Waals surface area contributed by atoms with Crippen molar-refractivity contribution in [2.24, 2.45) is 5.10 Å². The molecule has 1 aromatic carbocycles. The van der Waals surface area contributed by atoms with Crippen LogP contribution >= 0.6 is 0 Å². The summed E-state index contributed by atoms with van der Waals surface area (Å²) >= 11 is 0. The second-order valence-corrected chi connectivity index (χ2v) is 5.79. The van der Waals surface area contributed by atoms with E-state index in [1.807, 2.05) is 0 Å². The van der Waals surface area contributed by atoms with Gasteiger partial charge in [-0.2, -0.15) is 18.5 Å². The smallest absolute Gasteiger partial charge is 0.352 e. The number of carbonyl (C=O) groups is 2. The van der Waals surface area contributed by atoms with Crippen LogP contribution in [0, 0.1) is 6.92 Å². The van der Waals surface area contributed by atoms with Gasteiger partial charge in [-0.05, 0) is 24.6 Å². The van der Waals surface area contributed by atoms with Crippen LogP contribution in [0.4, 0.5) is 11.4 Å². The number of benzene rings is 1. The minimum atomic E-state index is -4.52. The van der Waals surface area contributed by atoms with Gasteiger partial charge in [0.1, 0.15) is 0 Å². The van der Waals surface area contributed by atoms with Gasteiger partial charge in [0.05, 0.1) is 17.0 Å². The van der Waals surface area contributed by atoms with E-state index in [0.717, 1.165) is 17.1 Å². The molecule has 1 heterocycles. The fraction of sp³-hybridized carbons (Fsp3) is 0.182. The van der Waals surface area contributed by atoms with Gasteiger partial charge >= 0.3 is 5.97 Å². The molecule has 21 heavy (non-hydrogen) atoms. The lowest BCUT2D eigenvalue weighted by Crippen LogP contribution is -2.21. The Morgan fingerprint density at radius 3 is 2.52 bits per heavy atom. The highest BCUT2D eigenvalue weighted by atomic mass is 32.2. The molecule has 0 aromatic heterocycles. The van der Waals surface area contributed by atoms with Crippen LogP contribution in [0.5, 0.6) is 0 Å². The average Bonchev–Trinajstić information content (AvgIpc) is 2.73. The lowest BCUT2D eigenvalue weighted by Gasteiger charge is -2.17. The maximum absolute atomic E-state index is 11.8. The molecule has 4 N–H and O–H groups in total. The fourth-order valence-corrected chi connectivity index (χ4v) is 2.34. The number of rotatable bonds is 3. The van der Waals surface area contributed by atoms with Gasteiger partial charge in [-0.3, -0.25) is 9.35 Å². The van der Waals surface area contributed by atoms with Crippen LogP contribution in [-0.2, 0) is 19.7 Å². The molecule has 1 amide bonds. The molecule has 0 bridgehead atoms. The maximum atomic E-state index is 11.8. The number of nitrogen functional groups attached to an aromatic ring is 1. The van der Waals surface area contributed by atoms with Crippen molar-refractivity contribution >= 4 is 39.1 Å². The largest absolute Gasteiger partial charge is 0.477 e. The number of hydrazone groups is 1. The molecule has 0 aliphatic carbocycles. The first kappa shape index (κ1) is 14.9. The second-order valence-electron chi connectivity index (χ2n) is 4.37. The van der Waals surface area contributed by atoms with Gasteiger partial charge in [0, 0.05) is 5.69 Å². The quantitative estimate of drug-likeness (QED) is 0.525. The van der Waals surface area contributed by atoms with Crippen molar-refractivity contribution in [3.05, 3.63) is 17.7 Å². The topological polar surface area (TPSA) is 150 Å². The van der Waals surface area contributed by atoms with Crippen LogP contribution in [0.3, 0.4) is 0 Å². The summed E-state index contributed by atoms with van der Waals surface area (Å²) in [6.07, 6.45) is -0.412. The third-order valence-electron chi connectivity index (χ3n) is 2.94. The van der Waals surface area contributed by atoms with E-state index in [9.17, 15) is 18.0 Å². The molecule has 0 saturated heterocycles. The second kappa shape index (κ2) is 4.82. The Morgan fingerprint density at radius 2 is 2.05 bits per heavy atom. The first-order valence-electron chi connectivity index (χ1n) is 5.62. The summed E-state index contributed by atoms with van der Waals surface area (Å²) in [6, 6.07) is 2.05. The highest BCUT2D eigenvalue weighted by Gasteiger charge is 2.31. The summed E-state index contributed by atoms with van der Waals surface area (Å²) in [6.45, 7) is 1.51. The Bertz CT molecular complexity index is 783. The standard InChI is InChI=1S/C11H11N3O6S/c1-5-7(12)2-6(21(18,19)20)3-9(5)14-10(15)4-8(13-14)11(16)17/h2-3H,4,12H2,1H3,(H,16,17)(H,18,19,20). The van der Waals surface area contributed by atoms with E-state index in [1.54, 1.807) is 0 Å². The summed E-state index contributed by atoms with van der Waals surface area (Å²) in [5.74, 6) is -1.98. The SMILES string of the molecule is Cc1c(N)cc(S(=O)(=O)O)cc1N1N=C(C(=O)O)CC1=O. The van der Waals surface area contributed by atoms with Crippen LogP contribution in [0.2, 0.25) is 0 Å². The summed E-state index contributed by atoms with van der Waals surface area (Å²) in [5.41, 5.74) is 5.64. The van der Waals surface area contributed by atoms with Gasteiger partial charge in [-0.15, -0.1) is 0 Å². The number of carboxylic acid groups (broad SMARTS) is 1. The first-order valence-corrected chi connectivity index (χ1v) is 7.06. The van der Waals surface area contributed by atoms with Crippen molar-refractivity contribution in [2.75, 3.05) is 10.7 Å². The van der Waals surface area contributed by atoms with Gasteiger partial charge in [-0.25, -0.2) is 4.79 Å². The van der Waals surface area contributed by atoms with E-state index in [2.05, 4.69) is 5.10 Å². The zero-order valence-corrected chi connectivity index (χ0v) is 11.6. The summed E-state index contributed by atoms with van der Waals surface area (Å²) in [5, 5.41) is 13.2. The summed E-state index contributed by atoms with van der Waals surface area (Å²) < 4.78 is 31.4. The fourth-order valence-electron chi connectivity index (χ4n) is 1.80. The van der Waals surface area contributed by atoms with Crippen LogP contribution in [0.1, 0.15) is 12.0 Å². The van der Waals surface area contributed by atoms with Crippen molar-refractivity contribution in [2.45, 2.75) is 18.2 Å². The third kappa shape index (κ3) is 2.71. The Balaban J connectivity index is 2.62. The van der Waals surface area contributed by atoms with Crippen molar-refractivity contribution in [3.8, 4) is 0 Å². The number of hydrogen-bond acceptors (Lipinski definition) is 6. The minimum absolute atomic E-state index is 0.00359. The molecule has 1 aromatic rings. The number of carboxylic acids is 1. The predicted octanol–water partition coefficient (Wildman–Crippen LogP) is 0.00122. The Hall–Kier alpha value is -2.46. The van der Waals surface area contributed by atoms with Crippen molar-refractivity contribution < 1.29 is 27.7 Å². The van der Waals surface area contributed by atoms with Crippen LogP contribution in [-0.4, -0.2) is 35.7 Å². The predicted molar refractivity (Wildman–Crippen MR) is 72.6 cm³/mol. The van der Waals surface area contributed by atoms with Gasteiger partial charge in [0.25, 0.3) is 16.0 Å².